The van der Waals surface area contributed by atoms with E-state index in [4.69, 9.17) is 17.3 Å². The topological polar surface area (TPSA) is 110 Å². The van der Waals surface area contributed by atoms with E-state index in [1.807, 2.05) is 0 Å². The average molecular weight is 316 g/mol. The zero-order chi connectivity index (χ0) is 16.4. The highest BCUT2D eigenvalue weighted by Crippen LogP contribution is 2.30. The number of anilines is 1. The summed E-state index contributed by atoms with van der Waals surface area (Å²) in [5, 5.41) is 20.6. The molecule has 8 heteroatoms. The van der Waals surface area contributed by atoms with E-state index in [0.29, 0.717) is 6.54 Å². The molecule has 0 aliphatic carbocycles. The molecule has 0 atom stereocenters. The summed E-state index contributed by atoms with van der Waals surface area (Å²) in [7, 11) is 0. The number of rotatable bonds is 5. The zero-order valence-corrected chi connectivity index (χ0v) is 12.8. The van der Waals surface area contributed by atoms with Gasteiger partial charge in [-0.1, -0.05) is 11.6 Å². The molecule has 0 fully saturated rings. The Labute approximate surface area is 127 Å². The minimum absolute atomic E-state index is 0.0125. The average Bonchev–Trinajstić information content (AvgIpc) is 2.36. The Morgan fingerprint density at radius 3 is 2.52 bits per heavy atom. The number of carbonyl (C=O) groups excluding carboxylic acids is 1. The van der Waals surface area contributed by atoms with Crippen molar-refractivity contribution in [3.05, 3.63) is 32.8 Å². The van der Waals surface area contributed by atoms with Crippen molar-refractivity contribution in [3.8, 4) is 0 Å². The van der Waals surface area contributed by atoms with Gasteiger partial charge in [0.15, 0.2) is 0 Å². The van der Waals surface area contributed by atoms with E-state index in [1.54, 1.807) is 20.8 Å². The summed E-state index contributed by atoms with van der Waals surface area (Å²) in [5.41, 5.74) is 4.29. The van der Waals surface area contributed by atoms with Gasteiger partial charge in [0.05, 0.1) is 26.8 Å². The van der Waals surface area contributed by atoms with Crippen LogP contribution >= 0.6 is 11.6 Å². The van der Waals surface area contributed by atoms with Gasteiger partial charge in [-0.05, 0) is 20.8 Å². The number of aliphatic hydroxyl groups is 1. The maximum Gasteiger partial charge on any atom is 0.271 e. The van der Waals surface area contributed by atoms with Crippen molar-refractivity contribution in [2.45, 2.75) is 26.4 Å². The minimum Gasteiger partial charge on any atom is -0.397 e. The number of likely N-dealkylation sites (N-methyl/N-ethyl adjacent to an activating group) is 1. The smallest absolute Gasteiger partial charge is 0.271 e. The van der Waals surface area contributed by atoms with E-state index in [0.717, 1.165) is 12.1 Å². The molecule has 0 radical (unpaired) electrons. The number of nitro groups is 1. The van der Waals surface area contributed by atoms with Gasteiger partial charge in [-0.2, -0.15) is 0 Å². The van der Waals surface area contributed by atoms with Crippen LogP contribution in [0.25, 0.3) is 0 Å². The summed E-state index contributed by atoms with van der Waals surface area (Å²) in [4.78, 5) is 24.0. The monoisotopic (exact) mass is 315 g/mol. The molecule has 21 heavy (non-hydrogen) atoms. The van der Waals surface area contributed by atoms with Gasteiger partial charge < -0.3 is 15.7 Å². The highest BCUT2D eigenvalue weighted by Gasteiger charge is 2.26. The van der Waals surface area contributed by atoms with E-state index in [9.17, 15) is 20.0 Å². The first-order chi connectivity index (χ1) is 9.56. The highest BCUT2D eigenvalue weighted by molar-refractivity contribution is 6.34. The van der Waals surface area contributed by atoms with Crippen LogP contribution in [0.1, 0.15) is 31.1 Å². The van der Waals surface area contributed by atoms with Crippen molar-refractivity contribution in [1.29, 1.82) is 0 Å². The molecule has 0 spiro atoms. The van der Waals surface area contributed by atoms with Gasteiger partial charge in [-0.25, -0.2) is 0 Å². The molecule has 1 amide bonds. The predicted octanol–water partition coefficient (Wildman–Crippen LogP) is 2.06. The first-order valence-electron chi connectivity index (χ1n) is 6.32. The molecule has 7 nitrogen and oxygen atoms in total. The summed E-state index contributed by atoms with van der Waals surface area (Å²) in [6, 6.07) is 2.19. The standard InChI is InChI=1S/C13H18ClN3O4/c1-4-16(7-13(2,3)19)12(18)9-5-8(17(20)21)6-10(14)11(9)15/h5-6,19H,4,7,15H2,1-3H3. The van der Waals surface area contributed by atoms with E-state index < -0.39 is 16.4 Å². The number of nitrogens with two attached hydrogens (primary N) is 1. The van der Waals surface area contributed by atoms with Crippen LogP contribution < -0.4 is 5.73 Å². The van der Waals surface area contributed by atoms with Crippen molar-refractivity contribution in [2.75, 3.05) is 18.8 Å². The molecule has 0 heterocycles. The van der Waals surface area contributed by atoms with Crippen molar-refractivity contribution >= 4 is 28.9 Å². The van der Waals surface area contributed by atoms with Gasteiger partial charge in [0, 0.05) is 25.2 Å². The molecule has 1 rings (SSSR count). The first kappa shape index (κ1) is 17.2. The number of benzene rings is 1. The number of nitrogens with zero attached hydrogens (tertiary/aromatic N) is 2. The third-order valence-electron chi connectivity index (χ3n) is 2.80. The molecule has 116 valence electrons. The van der Waals surface area contributed by atoms with Gasteiger partial charge in [0.2, 0.25) is 0 Å². The number of hydrogen-bond donors (Lipinski definition) is 2. The number of amides is 1. The molecule has 0 aromatic heterocycles. The van der Waals surface area contributed by atoms with E-state index in [-0.39, 0.29) is 28.5 Å². The maximum atomic E-state index is 12.5. The van der Waals surface area contributed by atoms with Gasteiger partial charge in [-0.3, -0.25) is 14.9 Å². The second-order valence-electron chi connectivity index (χ2n) is 5.28. The lowest BCUT2D eigenvalue weighted by Crippen LogP contribution is -2.42. The molecule has 0 saturated carbocycles. The Balaban J connectivity index is 3.25. The van der Waals surface area contributed by atoms with Crippen LogP contribution in [0.15, 0.2) is 12.1 Å². The lowest BCUT2D eigenvalue weighted by Gasteiger charge is -2.28. The first-order valence-corrected chi connectivity index (χ1v) is 6.69. The lowest BCUT2D eigenvalue weighted by molar-refractivity contribution is -0.384. The maximum absolute atomic E-state index is 12.5. The van der Waals surface area contributed by atoms with Crippen LogP contribution in [0.4, 0.5) is 11.4 Å². The molecule has 0 aliphatic heterocycles. The number of non-ortho nitro benzene ring substituents is 1. The largest absolute Gasteiger partial charge is 0.397 e. The Morgan fingerprint density at radius 2 is 2.10 bits per heavy atom. The summed E-state index contributed by atoms with van der Waals surface area (Å²) in [5.74, 6) is -0.511. The SMILES string of the molecule is CCN(CC(C)(C)O)C(=O)c1cc([N+](=O)[O-])cc(Cl)c1N. The quantitative estimate of drug-likeness (QED) is 0.491. The number of carbonyl (C=O) groups is 1. The van der Waals surface area contributed by atoms with Gasteiger partial charge >= 0.3 is 0 Å². The zero-order valence-electron chi connectivity index (χ0n) is 12.1. The van der Waals surface area contributed by atoms with Gasteiger partial charge in [0.1, 0.15) is 0 Å². The van der Waals surface area contributed by atoms with Gasteiger partial charge in [0.25, 0.3) is 11.6 Å². The Bertz CT molecular complexity index is 569. The van der Waals surface area contributed by atoms with Crippen molar-refractivity contribution in [2.24, 2.45) is 0 Å². The van der Waals surface area contributed by atoms with Gasteiger partial charge in [-0.15, -0.1) is 0 Å². The molecule has 3 N–H and O–H groups in total. The summed E-state index contributed by atoms with van der Waals surface area (Å²) in [6.07, 6.45) is 0. The fourth-order valence-electron chi connectivity index (χ4n) is 1.85. The molecule has 0 aliphatic rings. The Kier molecular flexibility index (Phi) is 5.14. The fraction of sp³-hybridized carbons (Fsp3) is 0.462. The van der Waals surface area contributed by atoms with Crippen LogP contribution in [0, 0.1) is 10.1 Å². The summed E-state index contributed by atoms with van der Waals surface area (Å²) >= 11 is 5.84. The van der Waals surface area contributed by atoms with Crippen LogP contribution in [0.2, 0.25) is 5.02 Å². The third-order valence-corrected chi connectivity index (χ3v) is 3.11. The van der Waals surface area contributed by atoms with Crippen LogP contribution in [-0.4, -0.2) is 39.5 Å². The van der Waals surface area contributed by atoms with E-state index >= 15 is 0 Å². The number of nitro benzene ring substituents is 1. The second kappa shape index (κ2) is 6.28. The van der Waals surface area contributed by atoms with E-state index in [1.165, 1.54) is 4.90 Å². The molecular formula is C13H18ClN3O4. The van der Waals surface area contributed by atoms with E-state index in [2.05, 4.69) is 0 Å². The number of nitrogen functional groups attached to an aromatic ring is 1. The van der Waals surface area contributed by atoms with Crippen molar-refractivity contribution in [3.63, 3.8) is 0 Å². The Hall–Kier alpha value is -1.86. The normalized spacial score (nSPS) is 11.3. The molecular weight excluding hydrogens is 298 g/mol. The minimum atomic E-state index is -1.09. The summed E-state index contributed by atoms with van der Waals surface area (Å²) in [6.45, 7) is 5.25. The van der Waals surface area contributed by atoms with Crippen molar-refractivity contribution < 1.29 is 14.8 Å². The number of halogens is 1. The molecule has 1 aromatic rings. The third kappa shape index (κ3) is 4.30. The second-order valence-corrected chi connectivity index (χ2v) is 5.68. The lowest BCUT2D eigenvalue weighted by atomic mass is 10.1. The highest BCUT2D eigenvalue weighted by atomic mass is 35.5. The van der Waals surface area contributed by atoms with Crippen LogP contribution in [0.3, 0.4) is 0 Å². The molecule has 0 bridgehead atoms. The summed E-state index contributed by atoms with van der Waals surface area (Å²) < 4.78 is 0. The van der Waals surface area contributed by atoms with Crippen LogP contribution in [-0.2, 0) is 0 Å². The number of hydrogen-bond acceptors (Lipinski definition) is 5. The molecule has 0 unspecified atom stereocenters. The van der Waals surface area contributed by atoms with Crippen molar-refractivity contribution in [1.82, 2.24) is 4.90 Å². The molecule has 1 aromatic carbocycles. The fourth-order valence-corrected chi connectivity index (χ4v) is 2.06. The van der Waals surface area contributed by atoms with Crippen LogP contribution in [0.5, 0.6) is 0 Å². The molecule has 0 saturated heterocycles. The Morgan fingerprint density at radius 1 is 1.52 bits per heavy atom. The predicted molar refractivity (Wildman–Crippen MR) is 80.4 cm³/mol.